The predicted octanol–water partition coefficient (Wildman–Crippen LogP) is 9.53. The van der Waals surface area contributed by atoms with E-state index in [1.807, 2.05) is 36.4 Å². The first kappa shape index (κ1) is 32.9. The van der Waals surface area contributed by atoms with Gasteiger partial charge in [-0.3, -0.25) is 14.4 Å². The van der Waals surface area contributed by atoms with Gasteiger partial charge in [0, 0.05) is 26.2 Å². The molecule has 230 valence electrons. The molecule has 1 unspecified atom stereocenters. The van der Waals surface area contributed by atoms with Gasteiger partial charge in [-0.2, -0.15) is 0 Å². The number of hydrogen-bond acceptors (Lipinski definition) is 4. The zero-order valence-electron chi connectivity index (χ0n) is 24.0. The van der Waals surface area contributed by atoms with E-state index in [0.29, 0.717) is 42.5 Å². The van der Waals surface area contributed by atoms with E-state index >= 15 is 0 Å². The molecule has 5 aromatic carbocycles. The maximum absolute atomic E-state index is 13.6. The van der Waals surface area contributed by atoms with Gasteiger partial charge in [-0.1, -0.05) is 102 Å². The molecule has 0 heterocycles. The molecule has 0 saturated heterocycles. The van der Waals surface area contributed by atoms with Crippen LogP contribution in [-0.2, 0) is 9.59 Å². The molecule has 0 aromatic heterocycles. The van der Waals surface area contributed by atoms with Gasteiger partial charge in [0.15, 0.2) is 0 Å². The third-order valence-electron chi connectivity index (χ3n) is 6.56. The minimum absolute atomic E-state index is 0.0223. The van der Waals surface area contributed by atoms with E-state index in [0.717, 1.165) is 5.56 Å². The van der Waals surface area contributed by atoms with Crippen molar-refractivity contribution < 1.29 is 14.4 Å². The van der Waals surface area contributed by atoms with Crippen LogP contribution < -0.4 is 16.0 Å². The molecule has 5 rings (SSSR count). The van der Waals surface area contributed by atoms with Gasteiger partial charge in [0.05, 0.1) is 10.7 Å². The molecule has 5 aromatic rings. The summed E-state index contributed by atoms with van der Waals surface area (Å²) in [4.78, 5) is 40.9. The van der Waals surface area contributed by atoms with Gasteiger partial charge in [0.1, 0.15) is 10.9 Å². The summed E-state index contributed by atoms with van der Waals surface area (Å²) >= 11 is 19.9. The number of thioether (sulfide) groups is 1. The van der Waals surface area contributed by atoms with Gasteiger partial charge in [-0.15, -0.1) is 11.8 Å². The van der Waals surface area contributed by atoms with Gasteiger partial charge < -0.3 is 16.0 Å². The van der Waals surface area contributed by atoms with Gasteiger partial charge in [0.25, 0.3) is 11.8 Å². The van der Waals surface area contributed by atoms with Crippen LogP contribution in [0.15, 0.2) is 138 Å². The topological polar surface area (TPSA) is 87.3 Å². The van der Waals surface area contributed by atoms with Crippen LogP contribution in [0, 0.1) is 0 Å². The maximum atomic E-state index is 13.6. The van der Waals surface area contributed by atoms with Crippen molar-refractivity contribution in [2.75, 3.05) is 10.6 Å². The van der Waals surface area contributed by atoms with Crippen LogP contribution in [0.3, 0.4) is 0 Å². The lowest BCUT2D eigenvalue weighted by Crippen LogP contribution is -2.30. The number of rotatable bonds is 10. The van der Waals surface area contributed by atoms with Crippen LogP contribution in [0.2, 0.25) is 15.1 Å². The number of hydrogen-bond donors (Lipinski definition) is 3. The Labute approximate surface area is 285 Å². The fourth-order valence-electron chi connectivity index (χ4n) is 4.38. The molecule has 46 heavy (non-hydrogen) atoms. The molecule has 0 bridgehead atoms. The molecule has 6 nitrogen and oxygen atoms in total. The van der Waals surface area contributed by atoms with Crippen molar-refractivity contribution in [3.63, 3.8) is 0 Å². The predicted molar refractivity (Wildman–Crippen MR) is 189 cm³/mol. The summed E-state index contributed by atoms with van der Waals surface area (Å²) in [5.41, 5.74) is 2.69. The minimum atomic E-state index is -0.661. The van der Waals surface area contributed by atoms with E-state index in [1.54, 1.807) is 97.1 Å². The highest BCUT2D eigenvalue weighted by Gasteiger charge is 2.23. The lowest BCUT2D eigenvalue weighted by molar-refractivity contribution is -0.116. The van der Waals surface area contributed by atoms with Crippen molar-refractivity contribution >= 4 is 81.7 Å². The van der Waals surface area contributed by atoms with Crippen LogP contribution in [-0.4, -0.2) is 17.7 Å². The van der Waals surface area contributed by atoms with Crippen molar-refractivity contribution in [2.45, 2.75) is 10.1 Å². The number of benzene rings is 5. The Morgan fingerprint density at radius 1 is 0.674 bits per heavy atom. The monoisotopic (exact) mass is 685 g/mol. The van der Waals surface area contributed by atoms with Gasteiger partial charge in [-0.05, 0) is 77.9 Å². The van der Waals surface area contributed by atoms with Crippen LogP contribution in [0.5, 0.6) is 0 Å². The lowest BCUT2D eigenvalue weighted by atomic mass is 10.1. The number of anilines is 2. The van der Waals surface area contributed by atoms with E-state index in [-0.39, 0.29) is 11.6 Å². The van der Waals surface area contributed by atoms with E-state index in [4.69, 9.17) is 34.8 Å². The normalized spacial score (nSPS) is 11.8. The van der Waals surface area contributed by atoms with Crippen LogP contribution in [0.1, 0.15) is 26.7 Å². The Hall–Kier alpha value is -4.53. The largest absolute Gasteiger partial charge is 0.323 e. The Kier molecular flexibility index (Phi) is 11.2. The lowest BCUT2D eigenvalue weighted by Gasteiger charge is -2.18. The van der Waals surface area contributed by atoms with Crippen molar-refractivity contribution in [1.82, 2.24) is 5.32 Å². The molecule has 1 atom stereocenters. The molecule has 0 aliphatic rings. The summed E-state index contributed by atoms with van der Waals surface area (Å²) in [6, 6.07) is 36.8. The van der Waals surface area contributed by atoms with Crippen molar-refractivity contribution in [3.8, 4) is 0 Å². The Morgan fingerprint density at radius 2 is 1.37 bits per heavy atom. The summed E-state index contributed by atoms with van der Waals surface area (Å²) in [7, 11) is 0. The van der Waals surface area contributed by atoms with Gasteiger partial charge >= 0.3 is 0 Å². The third-order valence-corrected chi connectivity index (χ3v) is 8.61. The molecular weight excluding hydrogens is 661 g/mol. The first-order valence-electron chi connectivity index (χ1n) is 14.0. The van der Waals surface area contributed by atoms with E-state index in [1.165, 1.54) is 11.8 Å². The first-order chi connectivity index (χ1) is 22.2. The molecule has 3 N–H and O–H groups in total. The second-order valence-electron chi connectivity index (χ2n) is 9.94. The molecule has 10 heteroatoms. The summed E-state index contributed by atoms with van der Waals surface area (Å²) in [5.74, 6) is -1.28. The molecule has 0 spiro atoms. The molecule has 3 amide bonds. The molecule has 0 radical (unpaired) electrons. The highest BCUT2D eigenvalue weighted by atomic mass is 35.5. The number of carbonyl (C=O) groups excluding carboxylic acids is 3. The second kappa shape index (κ2) is 15.7. The molecular formula is C36H26Cl3N3O3S. The van der Waals surface area contributed by atoms with Crippen molar-refractivity contribution in [3.05, 3.63) is 165 Å². The van der Waals surface area contributed by atoms with Crippen LogP contribution >= 0.6 is 46.6 Å². The SMILES string of the molecule is O=C(Nc1cccc(SC(C(=O)Nc2cc(Cl)ccc2Cl)c2ccccc2)c1)/C(=C/c1cccc(Cl)c1)NC(=O)c1ccccc1. The average Bonchev–Trinajstić information content (AvgIpc) is 3.06. The van der Waals surface area contributed by atoms with Gasteiger partial charge in [0.2, 0.25) is 5.91 Å². The van der Waals surface area contributed by atoms with Crippen LogP contribution in [0.4, 0.5) is 11.4 Å². The highest BCUT2D eigenvalue weighted by molar-refractivity contribution is 8.00. The minimum Gasteiger partial charge on any atom is -0.323 e. The standard InChI is InChI=1S/C36H26Cl3N3O3S/c37-26-14-7-9-23(19-26)20-32(42-34(43)25-12-5-2-6-13-25)35(44)40-28-15-8-16-29(22-28)46-33(24-10-3-1-4-11-24)36(45)41-31-21-27(38)17-18-30(31)39/h1-22,33H,(H,40,44)(H,41,45)(H,42,43)/b32-20-. The molecule has 0 saturated carbocycles. The Bertz CT molecular complexity index is 1900. The van der Waals surface area contributed by atoms with Crippen molar-refractivity contribution in [1.29, 1.82) is 0 Å². The number of amides is 3. The van der Waals surface area contributed by atoms with E-state index < -0.39 is 17.1 Å². The molecule has 0 aliphatic heterocycles. The second-order valence-corrected chi connectivity index (χ2v) is 12.4. The summed E-state index contributed by atoms with van der Waals surface area (Å²) in [6.07, 6.45) is 1.55. The zero-order chi connectivity index (χ0) is 32.5. The molecule has 0 fully saturated rings. The third kappa shape index (κ3) is 9.02. The zero-order valence-corrected chi connectivity index (χ0v) is 27.1. The Balaban J connectivity index is 1.38. The Morgan fingerprint density at radius 3 is 2.11 bits per heavy atom. The van der Waals surface area contributed by atoms with E-state index in [9.17, 15) is 14.4 Å². The number of halogens is 3. The quantitative estimate of drug-likeness (QED) is 0.101. The maximum Gasteiger partial charge on any atom is 0.272 e. The highest BCUT2D eigenvalue weighted by Crippen LogP contribution is 2.38. The number of carbonyl (C=O) groups is 3. The summed E-state index contributed by atoms with van der Waals surface area (Å²) < 4.78 is 0. The van der Waals surface area contributed by atoms with Gasteiger partial charge in [-0.25, -0.2) is 0 Å². The number of nitrogens with one attached hydrogen (secondary N) is 3. The first-order valence-corrected chi connectivity index (χ1v) is 16.0. The fraction of sp³-hybridized carbons (Fsp3) is 0.0278. The average molecular weight is 687 g/mol. The smallest absolute Gasteiger partial charge is 0.272 e. The fourth-order valence-corrected chi connectivity index (χ4v) is 6.00. The van der Waals surface area contributed by atoms with Crippen LogP contribution in [0.25, 0.3) is 6.08 Å². The molecule has 0 aliphatic carbocycles. The summed E-state index contributed by atoms with van der Waals surface area (Å²) in [5, 5.41) is 9.11. The van der Waals surface area contributed by atoms with Crippen molar-refractivity contribution in [2.24, 2.45) is 0 Å². The van der Waals surface area contributed by atoms with E-state index in [2.05, 4.69) is 16.0 Å². The summed E-state index contributed by atoms with van der Waals surface area (Å²) in [6.45, 7) is 0.